The number of benzene rings is 1. The highest BCUT2D eigenvalue weighted by Crippen LogP contribution is 2.18. The van der Waals surface area contributed by atoms with Gasteiger partial charge >= 0.3 is 0 Å². The van der Waals surface area contributed by atoms with Gasteiger partial charge in [0.05, 0.1) is 19.8 Å². The van der Waals surface area contributed by atoms with Gasteiger partial charge in [-0.2, -0.15) is 0 Å². The molecular formula is C12H19NO3. The maximum absolute atomic E-state index is 9.22. The summed E-state index contributed by atoms with van der Waals surface area (Å²) in [5.41, 5.74) is 1.09. The van der Waals surface area contributed by atoms with Crippen LogP contribution in [-0.4, -0.2) is 36.6 Å². The molecule has 4 nitrogen and oxygen atoms in total. The van der Waals surface area contributed by atoms with Crippen molar-refractivity contribution in [2.45, 2.75) is 19.1 Å². The average Bonchev–Trinajstić information content (AvgIpc) is 2.35. The molecule has 0 aromatic heterocycles. The van der Waals surface area contributed by atoms with Crippen molar-refractivity contribution in [2.75, 3.05) is 20.3 Å². The van der Waals surface area contributed by atoms with Crippen LogP contribution in [-0.2, 0) is 0 Å². The number of rotatable bonds is 6. The normalized spacial score (nSPS) is 14.5. The number of aliphatic hydroxyl groups is 2. The monoisotopic (exact) mass is 225 g/mol. The molecule has 90 valence electrons. The predicted octanol–water partition coefficient (Wildman–Crippen LogP) is 0.699. The predicted molar refractivity (Wildman–Crippen MR) is 62.5 cm³/mol. The van der Waals surface area contributed by atoms with E-state index in [1.54, 1.807) is 7.11 Å². The first-order valence-corrected chi connectivity index (χ1v) is 5.33. The number of hydrogen-bond acceptors (Lipinski definition) is 4. The van der Waals surface area contributed by atoms with Gasteiger partial charge in [-0.05, 0) is 24.6 Å². The fourth-order valence-corrected chi connectivity index (χ4v) is 1.41. The van der Waals surface area contributed by atoms with E-state index in [1.807, 2.05) is 31.2 Å². The van der Waals surface area contributed by atoms with E-state index in [0.29, 0.717) is 6.54 Å². The molecule has 0 radical (unpaired) electrons. The summed E-state index contributed by atoms with van der Waals surface area (Å²) in [6.45, 7) is 2.14. The minimum atomic E-state index is -0.715. The SMILES string of the molecule is COc1cccc([C@H](C)NCC(O)CO)c1. The van der Waals surface area contributed by atoms with Crippen molar-refractivity contribution in [2.24, 2.45) is 0 Å². The number of aliphatic hydroxyl groups excluding tert-OH is 2. The van der Waals surface area contributed by atoms with Gasteiger partial charge in [0, 0.05) is 12.6 Å². The number of hydrogen-bond donors (Lipinski definition) is 3. The van der Waals surface area contributed by atoms with Gasteiger partial charge in [-0.15, -0.1) is 0 Å². The van der Waals surface area contributed by atoms with Gasteiger partial charge in [-0.25, -0.2) is 0 Å². The van der Waals surface area contributed by atoms with Crippen LogP contribution in [0.3, 0.4) is 0 Å². The first kappa shape index (κ1) is 13.0. The van der Waals surface area contributed by atoms with Gasteiger partial charge < -0.3 is 20.3 Å². The topological polar surface area (TPSA) is 61.7 Å². The molecule has 1 rings (SSSR count). The van der Waals surface area contributed by atoms with Crippen LogP contribution in [0.25, 0.3) is 0 Å². The fourth-order valence-electron chi connectivity index (χ4n) is 1.41. The standard InChI is InChI=1S/C12H19NO3/c1-9(13-7-11(15)8-14)10-4-3-5-12(6-10)16-2/h3-6,9,11,13-15H,7-8H2,1-2H3/t9-,11?/m0/s1. The van der Waals surface area contributed by atoms with Crippen LogP contribution in [0, 0.1) is 0 Å². The smallest absolute Gasteiger partial charge is 0.119 e. The van der Waals surface area contributed by atoms with Crippen molar-refractivity contribution in [1.82, 2.24) is 5.32 Å². The summed E-state index contributed by atoms with van der Waals surface area (Å²) in [7, 11) is 1.63. The van der Waals surface area contributed by atoms with Crippen molar-refractivity contribution in [3.8, 4) is 5.75 Å². The summed E-state index contributed by atoms with van der Waals surface area (Å²) < 4.78 is 5.13. The maximum Gasteiger partial charge on any atom is 0.119 e. The summed E-state index contributed by atoms with van der Waals surface area (Å²) in [5, 5.41) is 21.0. The van der Waals surface area contributed by atoms with Crippen molar-refractivity contribution >= 4 is 0 Å². The van der Waals surface area contributed by atoms with Crippen LogP contribution in [0.1, 0.15) is 18.5 Å². The van der Waals surface area contributed by atoms with Crippen LogP contribution in [0.15, 0.2) is 24.3 Å². The molecule has 0 heterocycles. The van der Waals surface area contributed by atoms with Gasteiger partial charge in [-0.3, -0.25) is 0 Å². The molecule has 0 aliphatic heterocycles. The number of nitrogens with one attached hydrogen (secondary N) is 1. The Kier molecular flexibility index (Phi) is 5.25. The molecule has 1 aromatic rings. The zero-order valence-electron chi connectivity index (χ0n) is 9.68. The molecule has 4 heteroatoms. The van der Waals surface area contributed by atoms with E-state index >= 15 is 0 Å². The van der Waals surface area contributed by atoms with E-state index in [4.69, 9.17) is 9.84 Å². The second-order valence-electron chi connectivity index (χ2n) is 3.74. The van der Waals surface area contributed by atoms with E-state index in [2.05, 4.69) is 5.32 Å². The summed E-state index contributed by atoms with van der Waals surface area (Å²) in [5.74, 6) is 0.814. The Balaban J connectivity index is 2.54. The minimum Gasteiger partial charge on any atom is -0.497 e. The zero-order chi connectivity index (χ0) is 12.0. The Bertz CT molecular complexity index is 317. The van der Waals surface area contributed by atoms with E-state index in [0.717, 1.165) is 11.3 Å². The third-order valence-corrected chi connectivity index (χ3v) is 2.46. The first-order valence-electron chi connectivity index (χ1n) is 5.33. The number of ether oxygens (including phenoxy) is 1. The van der Waals surface area contributed by atoms with Crippen molar-refractivity contribution in [1.29, 1.82) is 0 Å². The Morgan fingerprint density at radius 3 is 2.81 bits per heavy atom. The molecule has 0 saturated heterocycles. The molecule has 0 fully saturated rings. The van der Waals surface area contributed by atoms with Gasteiger partial charge in [0.15, 0.2) is 0 Å². The van der Waals surface area contributed by atoms with Crippen LogP contribution in [0.5, 0.6) is 5.75 Å². The Morgan fingerprint density at radius 1 is 1.44 bits per heavy atom. The molecule has 0 aliphatic rings. The van der Waals surface area contributed by atoms with Crippen molar-refractivity contribution in [3.05, 3.63) is 29.8 Å². The Morgan fingerprint density at radius 2 is 2.19 bits per heavy atom. The summed E-state index contributed by atoms with van der Waals surface area (Å²) in [6.07, 6.45) is -0.715. The average molecular weight is 225 g/mol. The molecule has 0 bridgehead atoms. The lowest BCUT2D eigenvalue weighted by Gasteiger charge is -2.16. The second kappa shape index (κ2) is 6.48. The Labute approximate surface area is 95.9 Å². The highest BCUT2D eigenvalue weighted by molar-refractivity contribution is 5.30. The molecule has 3 N–H and O–H groups in total. The number of methoxy groups -OCH3 is 1. The third-order valence-electron chi connectivity index (χ3n) is 2.46. The van der Waals surface area contributed by atoms with Crippen molar-refractivity contribution < 1.29 is 14.9 Å². The van der Waals surface area contributed by atoms with Crippen LogP contribution in [0.2, 0.25) is 0 Å². The van der Waals surface area contributed by atoms with Gasteiger partial charge in [0.2, 0.25) is 0 Å². The van der Waals surface area contributed by atoms with Gasteiger partial charge in [-0.1, -0.05) is 12.1 Å². The minimum absolute atomic E-state index is 0.108. The molecule has 1 unspecified atom stereocenters. The fraction of sp³-hybridized carbons (Fsp3) is 0.500. The molecule has 0 amide bonds. The summed E-state index contributed by atoms with van der Waals surface area (Å²) >= 11 is 0. The summed E-state index contributed by atoms with van der Waals surface area (Å²) in [4.78, 5) is 0. The highest BCUT2D eigenvalue weighted by Gasteiger charge is 2.08. The van der Waals surface area contributed by atoms with Crippen LogP contribution in [0.4, 0.5) is 0 Å². The Hall–Kier alpha value is -1.10. The zero-order valence-corrected chi connectivity index (χ0v) is 9.68. The van der Waals surface area contributed by atoms with E-state index in [1.165, 1.54) is 0 Å². The van der Waals surface area contributed by atoms with E-state index in [-0.39, 0.29) is 12.6 Å². The van der Waals surface area contributed by atoms with Crippen molar-refractivity contribution in [3.63, 3.8) is 0 Å². The third kappa shape index (κ3) is 3.81. The van der Waals surface area contributed by atoms with Gasteiger partial charge in [0.1, 0.15) is 5.75 Å². The second-order valence-corrected chi connectivity index (χ2v) is 3.74. The quantitative estimate of drug-likeness (QED) is 0.667. The lowest BCUT2D eigenvalue weighted by Crippen LogP contribution is -2.31. The largest absolute Gasteiger partial charge is 0.497 e. The molecule has 0 aliphatic carbocycles. The highest BCUT2D eigenvalue weighted by atomic mass is 16.5. The molecule has 0 saturated carbocycles. The lowest BCUT2D eigenvalue weighted by atomic mass is 10.1. The lowest BCUT2D eigenvalue weighted by molar-refractivity contribution is 0.0924. The van der Waals surface area contributed by atoms with Crippen LogP contribution >= 0.6 is 0 Å². The molecular weight excluding hydrogens is 206 g/mol. The van der Waals surface area contributed by atoms with Crippen LogP contribution < -0.4 is 10.1 Å². The first-order chi connectivity index (χ1) is 7.67. The molecule has 2 atom stereocenters. The molecule has 1 aromatic carbocycles. The summed E-state index contributed by atoms with van der Waals surface area (Å²) in [6, 6.07) is 7.86. The van der Waals surface area contributed by atoms with E-state index < -0.39 is 6.10 Å². The van der Waals surface area contributed by atoms with Gasteiger partial charge in [0.25, 0.3) is 0 Å². The molecule has 16 heavy (non-hydrogen) atoms. The van der Waals surface area contributed by atoms with E-state index in [9.17, 15) is 5.11 Å². The maximum atomic E-state index is 9.22. The molecule has 0 spiro atoms.